The molecule has 6 heteroatoms. The second-order valence-corrected chi connectivity index (χ2v) is 6.72. The second kappa shape index (κ2) is 7.49. The number of rotatable bonds is 6. The fraction of sp³-hybridized carbons (Fsp3) is 0.333. The largest absolute Gasteiger partial charge is 0.339 e. The third-order valence-electron chi connectivity index (χ3n) is 4.20. The molecule has 1 aliphatic heterocycles. The van der Waals surface area contributed by atoms with E-state index in [2.05, 4.69) is 40.1 Å². The van der Waals surface area contributed by atoms with Gasteiger partial charge in [0.1, 0.15) is 0 Å². The Hall–Kier alpha value is -2.34. The molecule has 1 unspecified atom stereocenters. The molecule has 0 fully saturated rings. The lowest BCUT2D eigenvalue weighted by molar-refractivity contribution is 0.248. The number of nitrogens with one attached hydrogen (secondary N) is 2. The van der Waals surface area contributed by atoms with Gasteiger partial charge in [-0.05, 0) is 24.5 Å². The Labute approximate surface area is 146 Å². The number of aromatic nitrogens is 1. The van der Waals surface area contributed by atoms with E-state index in [4.69, 9.17) is 0 Å². The second-order valence-electron chi connectivity index (χ2n) is 5.84. The molecular formula is C18H22N4OS. The molecule has 2 aromatic rings. The number of hydrogen-bond acceptors (Lipinski definition) is 4. The number of urea groups is 1. The number of nitrogens with zero attached hydrogens (tertiary/aromatic N) is 2. The van der Waals surface area contributed by atoms with Gasteiger partial charge in [-0.3, -0.25) is 0 Å². The summed E-state index contributed by atoms with van der Waals surface area (Å²) in [6, 6.07) is 6.01. The number of carbonyl (C=O) groups is 1. The fourth-order valence-corrected chi connectivity index (χ4v) is 3.56. The highest BCUT2D eigenvalue weighted by atomic mass is 32.1. The molecular weight excluding hydrogens is 320 g/mol. The van der Waals surface area contributed by atoms with Gasteiger partial charge < -0.3 is 15.5 Å². The Morgan fingerprint density at radius 3 is 3.08 bits per heavy atom. The van der Waals surface area contributed by atoms with Gasteiger partial charge in [0.25, 0.3) is 0 Å². The molecule has 24 heavy (non-hydrogen) atoms. The standard InChI is InChI=1S/C18H22N4OS/c1-3-6-14(4-2)20-17(23)21-16-8-5-7-13-11-22(12-15(13)16)18-19-9-10-24-18/h3,5,7-10,14H,1,4,6,11-12H2,2H3,(H2,20,21,23). The molecule has 0 radical (unpaired) electrons. The van der Waals surface area contributed by atoms with Crippen molar-refractivity contribution < 1.29 is 4.79 Å². The lowest BCUT2D eigenvalue weighted by atomic mass is 10.1. The van der Waals surface area contributed by atoms with Crippen molar-refractivity contribution in [2.75, 3.05) is 10.2 Å². The highest BCUT2D eigenvalue weighted by Gasteiger charge is 2.24. The molecule has 2 heterocycles. The highest BCUT2D eigenvalue weighted by molar-refractivity contribution is 7.13. The molecule has 0 saturated heterocycles. The molecule has 0 saturated carbocycles. The van der Waals surface area contributed by atoms with Crippen LogP contribution < -0.4 is 15.5 Å². The molecule has 5 nitrogen and oxygen atoms in total. The maximum absolute atomic E-state index is 12.3. The predicted octanol–water partition coefficient (Wildman–Crippen LogP) is 4.14. The van der Waals surface area contributed by atoms with Gasteiger partial charge in [-0.25, -0.2) is 9.78 Å². The first-order valence-electron chi connectivity index (χ1n) is 8.15. The summed E-state index contributed by atoms with van der Waals surface area (Å²) in [5.41, 5.74) is 3.28. The Balaban J connectivity index is 1.70. The number of benzene rings is 1. The molecule has 1 atom stereocenters. The van der Waals surface area contributed by atoms with E-state index in [1.807, 2.05) is 29.8 Å². The topological polar surface area (TPSA) is 57.3 Å². The average Bonchev–Trinajstić information content (AvgIpc) is 3.23. The van der Waals surface area contributed by atoms with E-state index in [1.165, 1.54) is 11.1 Å². The minimum atomic E-state index is -0.162. The molecule has 0 bridgehead atoms. The average molecular weight is 342 g/mol. The van der Waals surface area contributed by atoms with Gasteiger partial charge in [-0.2, -0.15) is 0 Å². The molecule has 126 valence electrons. The van der Waals surface area contributed by atoms with Crippen LogP contribution >= 0.6 is 11.3 Å². The van der Waals surface area contributed by atoms with Gasteiger partial charge in [0.05, 0.1) is 0 Å². The zero-order chi connectivity index (χ0) is 16.9. The van der Waals surface area contributed by atoms with Crippen LogP contribution in [-0.2, 0) is 13.1 Å². The van der Waals surface area contributed by atoms with Crippen molar-refractivity contribution in [3.05, 3.63) is 53.6 Å². The normalized spacial score (nSPS) is 14.1. The first-order valence-corrected chi connectivity index (χ1v) is 9.02. The Morgan fingerprint density at radius 2 is 2.38 bits per heavy atom. The van der Waals surface area contributed by atoms with Crippen LogP contribution in [0.25, 0.3) is 0 Å². The van der Waals surface area contributed by atoms with Crippen molar-refractivity contribution in [2.45, 2.75) is 38.9 Å². The summed E-state index contributed by atoms with van der Waals surface area (Å²) in [7, 11) is 0. The summed E-state index contributed by atoms with van der Waals surface area (Å²) in [5, 5.41) is 9.00. The van der Waals surface area contributed by atoms with Gasteiger partial charge >= 0.3 is 6.03 Å². The van der Waals surface area contributed by atoms with Gasteiger partial charge in [-0.15, -0.1) is 17.9 Å². The van der Waals surface area contributed by atoms with Crippen molar-refractivity contribution in [1.29, 1.82) is 0 Å². The van der Waals surface area contributed by atoms with Crippen LogP contribution in [0.1, 0.15) is 30.9 Å². The zero-order valence-corrected chi connectivity index (χ0v) is 14.6. The number of hydrogen-bond donors (Lipinski definition) is 2. The fourth-order valence-electron chi connectivity index (χ4n) is 2.92. The van der Waals surface area contributed by atoms with Crippen LogP contribution in [0.3, 0.4) is 0 Å². The van der Waals surface area contributed by atoms with E-state index in [1.54, 1.807) is 11.3 Å². The van der Waals surface area contributed by atoms with Crippen LogP contribution in [0.4, 0.5) is 15.6 Å². The molecule has 1 aromatic carbocycles. The number of thiazole rings is 1. The monoisotopic (exact) mass is 342 g/mol. The predicted molar refractivity (Wildman–Crippen MR) is 99.5 cm³/mol. The molecule has 3 rings (SSSR count). The summed E-state index contributed by atoms with van der Waals surface area (Å²) in [6.45, 7) is 7.39. The maximum Gasteiger partial charge on any atom is 0.319 e. The van der Waals surface area contributed by atoms with E-state index in [-0.39, 0.29) is 12.1 Å². The number of anilines is 2. The van der Waals surface area contributed by atoms with Crippen LogP contribution in [0, 0.1) is 0 Å². The number of fused-ring (bicyclic) bond motifs is 1. The summed E-state index contributed by atoms with van der Waals surface area (Å²) < 4.78 is 0. The lowest BCUT2D eigenvalue weighted by Gasteiger charge is -2.17. The van der Waals surface area contributed by atoms with Crippen molar-refractivity contribution in [2.24, 2.45) is 0 Å². The molecule has 0 aliphatic carbocycles. The smallest absolute Gasteiger partial charge is 0.319 e. The van der Waals surface area contributed by atoms with Crippen molar-refractivity contribution in [3.63, 3.8) is 0 Å². The van der Waals surface area contributed by atoms with Crippen LogP contribution in [0.2, 0.25) is 0 Å². The molecule has 0 spiro atoms. The zero-order valence-electron chi connectivity index (χ0n) is 13.8. The van der Waals surface area contributed by atoms with E-state index in [0.717, 1.165) is 36.8 Å². The molecule has 2 amide bonds. The number of amides is 2. The first kappa shape index (κ1) is 16.5. The van der Waals surface area contributed by atoms with Crippen LogP contribution in [0.5, 0.6) is 0 Å². The van der Waals surface area contributed by atoms with Crippen LogP contribution in [-0.4, -0.2) is 17.1 Å². The van der Waals surface area contributed by atoms with Crippen molar-refractivity contribution in [1.82, 2.24) is 10.3 Å². The van der Waals surface area contributed by atoms with Gasteiger partial charge in [0.15, 0.2) is 5.13 Å². The summed E-state index contributed by atoms with van der Waals surface area (Å²) in [6.07, 6.45) is 5.31. The van der Waals surface area contributed by atoms with Crippen molar-refractivity contribution >= 4 is 28.2 Å². The highest BCUT2D eigenvalue weighted by Crippen LogP contribution is 2.33. The van der Waals surface area contributed by atoms with Gasteiger partial charge in [-0.1, -0.05) is 25.1 Å². The van der Waals surface area contributed by atoms with E-state index in [9.17, 15) is 4.79 Å². The quantitative estimate of drug-likeness (QED) is 0.776. The van der Waals surface area contributed by atoms with E-state index < -0.39 is 0 Å². The first-order chi connectivity index (χ1) is 11.7. The maximum atomic E-state index is 12.3. The Kier molecular flexibility index (Phi) is 5.15. The SMILES string of the molecule is C=CCC(CC)NC(=O)Nc1cccc2c1CN(c1nccs1)C2. The summed E-state index contributed by atoms with van der Waals surface area (Å²) >= 11 is 1.63. The van der Waals surface area contributed by atoms with Gasteiger partial charge in [0, 0.05) is 42.0 Å². The third kappa shape index (κ3) is 3.59. The minimum absolute atomic E-state index is 0.117. The van der Waals surface area contributed by atoms with Crippen LogP contribution in [0.15, 0.2) is 42.4 Å². The summed E-state index contributed by atoms with van der Waals surface area (Å²) in [4.78, 5) is 18.9. The van der Waals surface area contributed by atoms with E-state index in [0.29, 0.717) is 0 Å². The van der Waals surface area contributed by atoms with Crippen molar-refractivity contribution in [3.8, 4) is 0 Å². The Morgan fingerprint density at radius 1 is 1.50 bits per heavy atom. The minimum Gasteiger partial charge on any atom is -0.339 e. The molecule has 1 aliphatic rings. The molecule has 1 aromatic heterocycles. The third-order valence-corrected chi connectivity index (χ3v) is 5.03. The number of carbonyl (C=O) groups excluding carboxylic acids is 1. The lowest BCUT2D eigenvalue weighted by Crippen LogP contribution is -2.37. The Bertz CT molecular complexity index is 714. The van der Waals surface area contributed by atoms with Gasteiger partial charge in [0.2, 0.25) is 0 Å². The molecule has 2 N–H and O–H groups in total. The van der Waals surface area contributed by atoms with E-state index >= 15 is 0 Å². The summed E-state index contributed by atoms with van der Waals surface area (Å²) in [5.74, 6) is 0.